The lowest BCUT2D eigenvalue weighted by molar-refractivity contribution is 0.0671. The first kappa shape index (κ1) is 17.5. The number of hydrogen-bond acceptors (Lipinski definition) is 6. The molecule has 0 unspecified atom stereocenters. The Labute approximate surface area is 157 Å². The summed E-state index contributed by atoms with van der Waals surface area (Å²) in [5.74, 6) is 1.41. The first-order valence-electron chi connectivity index (χ1n) is 9.14. The largest absolute Gasteiger partial charge is 0.361 e. The van der Waals surface area contributed by atoms with Crippen LogP contribution in [0.2, 0.25) is 0 Å². The maximum absolute atomic E-state index is 12.5. The maximum atomic E-state index is 12.5. The highest BCUT2D eigenvalue weighted by molar-refractivity contribution is 5.91. The summed E-state index contributed by atoms with van der Waals surface area (Å²) in [5, 5.41) is 7.82. The molecule has 0 radical (unpaired) electrons. The molecule has 1 saturated heterocycles. The summed E-state index contributed by atoms with van der Waals surface area (Å²) in [6.07, 6.45) is 3.65. The molecule has 0 aliphatic carbocycles. The summed E-state index contributed by atoms with van der Waals surface area (Å²) in [7, 11) is 0. The van der Waals surface area contributed by atoms with E-state index in [1.807, 2.05) is 31.9 Å². The molecule has 3 aromatic heterocycles. The van der Waals surface area contributed by atoms with Gasteiger partial charge in [-0.3, -0.25) is 9.78 Å². The highest BCUT2D eigenvalue weighted by atomic mass is 16.5. The molecule has 1 amide bonds. The van der Waals surface area contributed by atoms with Crippen LogP contribution in [0.25, 0.3) is 11.3 Å². The third kappa shape index (κ3) is 3.37. The average Bonchev–Trinajstić information content (AvgIpc) is 3.26. The van der Waals surface area contributed by atoms with Crippen molar-refractivity contribution in [3.05, 3.63) is 52.9 Å². The monoisotopic (exact) mass is 366 g/mol. The molecule has 0 bridgehead atoms. The van der Waals surface area contributed by atoms with E-state index >= 15 is 0 Å². The highest BCUT2D eigenvalue weighted by Gasteiger charge is 2.27. The summed E-state index contributed by atoms with van der Waals surface area (Å²) in [6, 6.07) is 5.87. The number of piperidine rings is 1. The zero-order valence-electron chi connectivity index (χ0n) is 15.7. The summed E-state index contributed by atoms with van der Waals surface area (Å²) in [4.78, 5) is 18.8. The lowest BCUT2D eigenvalue weighted by Gasteiger charge is -2.31. The smallest absolute Gasteiger partial charge is 0.292 e. The van der Waals surface area contributed by atoms with Crippen molar-refractivity contribution in [2.45, 2.75) is 39.5 Å². The number of likely N-dealkylation sites (tertiary alicyclic amines) is 1. The van der Waals surface area contributed by atoms with Gasteiger partial charge in [0.15, 0.2) is 0 Å². The number of aryl methyl sites for hydroxylation is 3. The molecular formula is C20H22N4O3. The second kappa shape index (κ2) is 6.98. The molecule has 0 spiro atoms. The fraction of sp³-hybridized carbons (Fsp3) is 0.400. The Morgan fingerprint density at radius 3 is 2.52 bits per heavy atom. The van der Waals surface area contributed by atoms with Gasteiger partial charge in [-0.25, -0.2) is 0 Å². The lowest BCUT2D eigenvalue weighted by atomic mass is 9.89. The van der Waals surface area contributed by atoms with Crippen LogP contribution < -0.4 is 0 Å². The van der Waals surface area contributed by atoms with E-state index in [9.17, 15) is 4.79 Å². The second-order valence-electron chi connectivity index (χ2n) is 7.07. The molecule has 7 heteroatoms. The normalized spacial score (nSPS) is 15.3. The van der Waals surface area contributed by atoms with Crippen molar-refractivity contribution in [1.82, 2.24) is 20.2 Å². The molecule has 140 valence electrons. The first-order valence-corrected chi connectivity index (χ1v) is 9.14. The number of hydrogen-bond donors (Lipinski definition) is 0. The van der Waals surface area contributed by atoms with E-state index in [1.54, 1.807) is 6.07 Å². The Kier molecular flexibility index (Phi) is 4.51. The molecule has 1 aliphatic rings. The van der Waals surface area contributed by atoms with Gasteiger partial charge in [0.05, 0.1) is 22.6 Å². The predicted octanol–water partition coefficient (Wildman–Crippen LogP) is 3.67. The van der Waals surface area contributed by atoms with Crippen LogP contribution in [-0.2, 0) is 0 Å². The van der Waals surface area contributed by atoms with Crippen LogP contribution in [0, 0.1) is 20.8 Å². The molecule has 0 aromatic carbocycles. The minimum Gasteiger partial charge on any atom is -0.361 e. The van der Waals surface area contributed by atoms with Crippen molar-refractivity contribution in [1.29, 1.82) is 0 Å². The SMILES string of the molecule is Cc1cc(C(=O)N2CCC(c3ccnc(-c4c(C)noc4C)c3)CC2)on1. The van der Waals surface area contributed by atoms with Crippen molar-refractivity contribution in [2.24, 2.45) is 0 Å². The number of aromatic nitrogens is 3. The molecule has 1 fully saturated rings. The number of nitrogens with zero attached hydrogens (tertiary/aromatic N) is 4. The Morgan fingerprint density at radius 1 is 1.11 bits per heavy atom. The van der Waals surface area contributed by atoms with E-state index in [2.05, 4.69) is 27.4 Å². The van der Waals surface area contributed by atoms with Gasteiger partial charge in [-0.1, -0.05) is 10.3 Å². The summed E-state index contributed by atoms with van der Waals surface area (Å²) in [5.41, 5.74) is 4.66. The van der Waals surface area contributed by atoms with Crippen molar-refractivity contribution in [3.63, 3.8) is 0 Å². The lowest BCUT2D eigenvalue weighted by Crippen LogP contribution is -2.37. The number of pyridine rings is 1. The highest BCUT2D eigenvalue weighted by Crippen LogP contribution is 2.32. The van der Waals surface area contributed by atoms with Crippen molar-refractivity contribution >= 4 is 5.91 Å². The summed E-state index contributed by atoms with van der Waals surface area (Å²) >= 11 is 0. The van der Waals surface area contributed by atoms with Gasteiger partial charge in [-0.2, -0.15) is 0 Å². The van der Waals surface area contributed by atoms with Crippen LogP contribution in [0.3, 0.4) is 0 Å². The average molecular weight is 366 g/mol. The van der Waals surface area contributed by atoms with Crippen molar-refractivity contribution < 1.29 is 13.8 Å². The Bertz CT molecular complexity index is 948. The molecular weight excluding hydrogens is 344 g/mol. The predicted molar refractivity (Wildman–Crippen MR) is 98.3 cm³/mol. The van der Waals surface area contributed by atoms with E-state index in [0.29, 0.717) is 24.8 Å². The van der Waals surface area contributed by atoms with Gasteiger partial charge >= 0.3 is 0 Å². The fourth-order valence-electron chi connectivity index (χ4n) is 3.72. The van der Waals surface area contributed by atoms with Gasteiger partial charge in [0, 0.05) is 25.4 Å². The number of carbonyl (C=O) groups excluding carboxylic acids is 1. The number of amides is 1. The zero-order valence-corrected chi connectivity index (χ0v) is 15.7. The second-order valence-corrected chi connectivity index (χ2v) is 7.07. The van der Waals surface area contributed by atoms with E-state index in [-0.39, 0.29) is 5.91 Å². The van der Waals surface area contributed by atoms with E-state index in [1.165, 1.54) is 5.56 Å². The van der Waals surface area contributed by atoms with Crippen LogP contribution in [0.5, 0.6) is 0 Å². The van der Waals surface area contributed by atoms with E-state index < -0.39 is 0 Å². The Hall–Kier alpha value is -2.96. The van der Waals surface area contributed by atoms with E-state index in [4.69, 9.17) is 9.05 Å². The molecule has 27 heavy (non-hydrogen) atoms. The molecule has 0 N–H and O–H groups in total. The third-order valence-electron chi connectivity index (χ3n) is 5.17. The van der Waals surface area contributed by atoms with Crippen LogP contribution >= 0.6 is 0 Å². The molecule has 3 aromatic rings. The van der Waals surface area contributed by atoms with Crippen LogP contribution in [0.4, 0.5) is 0 Å². The fourth-order valence-corrected chi connectivity index (χ4v) is 3.72. The van der Waals surface area contributed by atoms with Gasteiger partial charge in [0.2, 0.25) is 5.76 Å². The Balaban J connectivity index is 1.47. The van der Waals surface area contributed by atoms with Crippen LogP contribution in [0.1, 0.15) is 52.0 Å². The summed E-state index contributed by atoms with van der Waals surface area (Å²) in [6.45, 7) is 7.04. The van der Waals surface area contributed by atoms with Gasteiger partial charge in [-0.15, -0.1) is 0 Å². The minimum absolute atomic E-state index is 0.0832. The standard InChI is InChI=1S/C20H22N4O3/c1-12-10-18(27-22-12)20(25)24-8-5-15(6-9-24)16-4-7-21-17(11-16)19-13(2)23-26-14(19)3/h4,7,10-11,15H,5-6,8-9H2,1-3H3. The summed E-state index contributed by atoms with van der Waals surface area (Å²) < 4.78 is 10.4. The van der Waals surface area contributed by atoms with Crippen molar-refractivity contribution in [2.75, 3.05) is 13.1 Å². The van der Waals surface area contributed by atoms with Crippen LogP contribution in [-0.4, -0.2) is 39.2 Å². The number of carbonyl (C=O) groups is 1. The topological polar surface area (TPSA) is 85.3 Å². The third-order valence-corrected chi connectivity index (χ3v) is 5.17. The van der Waals surface area contributed by atoms with Crippen molar-refractivity contribution in [3.8, 4) is 11.3 Å². The minimum atomic E-state index is -0.0832. The van der Waals surface area contributed by atoms with Gasteiger partial charge in [0.25, 0.3) is 5.91 Å². The molecule has 0 atom stereocenters. The Morgan fingerprint density at radius 2 is 1.89 bits per heavy atom. The molecule has 7 nitrogen and oxygen atoms in total. The molecule has 0 saturated carbocycles. The molecule has 4 rings (SSSR count). The van der Waals surface area contributed by atoms with Gasteiger partial charge < -0.3 is 13.9 Å². The number of rotatable bonds is 3. The molecule has 4 heterocycles. The maximum Gasteiger partial charge on any atom is 0.292 e. The van der Waals surface area contributed by atoms with Gasteiger partial charge in [-0.05, 0) is 57.2 Å². The first-order chi connectivity index (χ1) is 13.0. The quantitative estimate of drug-likeness (QED) is 0.703. The molecule has 1 aliphatic heterocycles. The van der Waals surface area contributed by atoms with Crippen LogP contribution in [0.15, 0.2) is 33.4 Å². The zero-order chi connectivity index (χ0) is 19.0. The van der Waals surface area contributed by atoms with E-state index in [0.717, 1.165) is 41.2 Å². The van der Waals surface area contributed by atoms with Gasteiger partial charge in [0.1, 0.15) is 5.76 Å².